The van der Waals surface area contributed by atoms with Gasteiger partial charge in [0.2, 0.25) is 5.91 Å². The number of amides is 1. The molecule has 2 unspecified atom stereocenters. The number of rotatable bonds is 7. The van der Waals surface area contributed by atoms with E-state index in [1.54, 1.807) is 0 Å². The molecule has 2 bridgehead atoms. The van der Waals surface area contributed by atoms with Crippen LogP contribution in [0.2, 0.25) is 0 Å². The van der Waals surface area contributed by atoms with Crippen molar-refractivity contribution in [3.63, 3.8) is 0 Å². The van der Waals surface area contributed by atoms with Crippen molar-refractivity contribution in [2.45, 2.75) is 58.0 Å². The minimum Gasteiger partial charge on any atom is -0.481 e. The fraction of sp³-hybridized carbons (Fsp3) is 0.824. The number of methoxy groups -OCH3 is 1. The number of nitrogens with one attached hydrogen (secondary N) is 1. The molecule has 24 heavy (non-hydrogen) atoms. The van der Waals surface area contributed by atoms with E-state index in [-0.39, 0.29) is 5.41 Å². The summed E-state index contributed by atoms with van der Waals surface area (Å²) < 4.78 is 4.81. The molecule has 2 aliphatic carbocycles. The number of carbonyl (C=O) groups is 3. The van der Waals surface area contributed by atoms with Crippen LogP contribution in [-0.4, -0.2) is 42.1 Å². The summed E-state index contributed by atoms with van der Waals surface area (Å²) in [5.41, 5.74) is 5.85. The third-order valence-electron chi connectivity index (χ3n) is 6.06. The Morgan fingerprint density at radius 2 is 2.00 bits per heavy atom. The van der Waals surface area contributed by atoms with Crippen LogP contribution >= 0.6 is 0 Å². The van der Waals surface area contributed by atoms with Gasteiger partial charge in [0.25, 0.3) is 0 Å². The molecule has 0 radical (unpaired) electrons. The molecule has 0 saturated heterocycles. The van der Waals surface area contributed by atoms with E-state index in [0.29, 0.717) is 24.2 Å². The maximum atomic E-state index is 12.1. The Morgan fingerprint density at radius 1 is 1.33 bits per heavy atom. The second kappa shape index (κ2) is 7.09. The van der Waals surface area contributed by atoms with E-state index in [1.165, 1.54) is 13.5 Å². The molecule has 0 aromatic heterocycles. The first-order valence-corrected chi connectivity index (χ1v) is 8.52. The molecule has 0 aliphatic heterocycles. The highest BCUT2D eigenvalue weighted by Crippen LogP contribution is 2.61. The largest absolute Gasteiger partial charge is 0.481 e. The van der Waals surface area contributed by atoms with Gasteiger partial charge in [-0.1, -0.05) is 13.8 Å². The first-order valence-electron chi connectivity index (χ1n) is 8.52. The lowest BCUT2D eigenvalue weighted by Crippen LogP contribution is -2.50. The summed E-state index contributed by atoms with van der Waals surface area (Å²) in [6.07, 6.45) is 3.49. The summed E-state index contributed by atoms with van der Waals surface area (Å²) in [4.78, 5) is 34.8. The van der Waals surface area contributed by atoms with Crippen LogP contribution in [0.4, 0.5) is 0 Å². The second-order valence-electron chi connectivity index (χ2n) is 7.72. The van der Waals surface area contributed by atoms with Crippen LogP contribution in [-0.2, 0) is 19.1 Å². The molecule has 5 atom stereocenters. The molecule has 0 spiro atoms. The third-order valence-corrected chi connectivity index (χ3v) is 6.06. The SMILES string of the molecule is COC(=O)[C@H](C[C@H]1CC2CCC1C2(C)C)NC(=O)[C@@H](N)CC(=O)O. The fourth-order valence-corrected chi connectivity index (χ4v) is 4.70. The van der Waals surface area contributed by atoms with Crippen molar-refractivity contribution >= 4 is 17.8 Å². The summed E-state index contributed by atoms with van der Waals surface area (Å²) in [5.74, 6) is -0.724. The smallest absolute Gasteiger partial charge is 0.328 e. The molecule has 4 N–H and O–H groups in total. The predicted octanol–water partition coefficient (Wildman–Crippen LogP) is 0.909. The zero-order valence-corrected chi connectivity index (χ0v) is 14.6. The number of aliphatic carboxylic acids is 1. The van der Waals surface area contributed by atoms with Gasteiger partial charge >= 0.3 is 11.9 Å². The van der Waals surface area contributed by atoms with Crippen molar-refractivity contribution in [1.29, 1.82) is 0 Å². The molecule has 136 valence electrons. The van der Waals surface area contributed by atoms with E-state index in [2.05, 4.69) is 19.2 Å². The number of ether oxygens (including phenoxy) is 1. The highest BCUT2D eigenvalue weighted by Gasteiger charge is 2.53. The predicted molar refractivity (Wildman–Crippen MR) is 86.9 cm³/mol. The number of nitrogens with two attached hydrogens (primary N) is 1. The molecule has 7 heteroatoms. The Balaban J connectivity index is 2.01. The Kier molecular flexibility index (Phi) is 5.52. The number of carbonyl (C=O) groups excluding carboxylic acids is 2. The standard InChI is InChI=1S/C17H28N2O5/c1-17(2)10-4-5-11(17)9(6-10)7-13(16(23)24-3)19-15(22)12(18)8-14(20)21/h9-13H,4-8,18H2,1-3H3,(H,19,22)(H,20,21)/t9-,10?,11?,12+,13+/m1/s1. The van der Waals surface area contributed by atoms with Crippen LogP contribution in [0.1, 0.15) is 46.0 Å². The van der Waals surface area contributed by atoms with E-state index >= 15 is 0 Å². The number of hydrogen-bond acceptors (Lipinski definition) is 5. The first kappa shape index (κ1) is 18.7. The van der Waals surface area contributed by atoms with Crippen LogP contribution in [0.3, 0.4) is 0 Å². The molecule has 2 fully saturated rings. The highest BCUT2D eigenvalue weighted by atomic mass is 16.5. The van der Waals surface area contributed by atoms with Gasteiger partial charge in [-0.05, 0) is 48.9 Å². The van der Waals surface area contributed by atoms with Gasteiger partial charge in [-0.2, -0.15) is 0 Å². The van der Waals surface area contributed by atoms with Gasteiger partial charge in [0.05, 0.1) is 19.6 Å². The van der Waals surface area contributed by atoms with Crippen molar-refractivity contribution < 1.29 is 24.2 Å². The van der Waals surface area contributed by atoms with Crippen LogP contribution in [0, 0.1) is 23.2 Å². The second-order valence-corrected chi connectivity index (χ2v) is 7.72. The Labute approximate surface area is 142 Å². The lowest BCUT2D eigenvalue weighted by atomic mass is 9.78. The first-order chi connectivity index (χ1) is 11.2. The highest BCUT2D eigenvalue weighted by molar-refractivity contribution is 5.89. The molecule has 1 amide bonds. The summed E-state index contributed by atoms with van der Waals surface area (Å²) >= 11 is 0. The zero-order chi connectivity index (χ0) is 18.1. The van der Waals surface area contributed by atoms with E-state index in [1.807, 2.05) is 0 Å². The Morgan fingerprint density at radius 3 is 2.46 bits per heavy atom. The Hall–Kier alpha value is -1.63. The topological polar surface area (TPSA) is 119 Å². The van der Waals surface area contributed by atoms with Crippen molar-refractivity contribution in [2.75, 3.05) is 7.11 Å². The van der Waals surface area contributed by atoms with Gasteiger partial charge in [-0.25, -0.2) is 4.79 Å². The minimum atomic E-state index is -1.17. The minimum absolute atomic E-state index is 0.273. The normalized spacial score (nSPS) is 29.8. The molecule has 2 rings (SSSR count). The van der Waals surface area contributed by atoms with Gasteiger partial charge in [-0.15, -0.1) is 0 Å². The average Bonchev–Trinajstić information content (AvgIpc) is 2.92. The molecule has 0 aromatic carbocycles. The van der Waals surface area contributed by atoms with E-state index in [4.69, 9.17) is 15.6 Å². The molecule has 0 heterocycles. The summed E-state index contributed by atoms with van der Waals surface area (Å²) in [7, 11) is 1.28. The summed E-state index contributed by atoms with van der Waals surface area (Å²) in [6, 6.07) is -1.95. The van der Waals surface area contributed by atoms with Crippen molar-refractivity contribution in [2.24, 2.45) is 28.9 Å². The van der Waals surface area contributed by atoms with Gasteiger partial charge < -0.3 is 20.9 Å². The number of carboxylic acids is 1. The maximum Gasteiger partial charge on any atom is 0.328 e. The van der Waals surface area contributed by atoms with E-state index < -0.39 is 36.4 Å². The van der Waals surface area contributed by atoms with Crippen LogP contribution < -0.4 is 11.1 Å². The molecule has 2 saturated carbocycles. The summed E-state index contributed by atoms with van der Waals surface area (Å²) in [5, 5.41) is 11.3. The number of esters is 1. The molecule has 2 aliphatic rings. The average molecular weight is 340 g/mol. The molecule has 7 nitrogen and oxygen atoms in total. The van der Waals surface area contributed by atoms with Crippen molar-refractivity contribution in [1.82, 2.24) is 5.32 Å². The van der Waals surface area contributed by atoms with Gasteiger partial charge in [0, 0.05) is 0 Å². The lowest BCUT2D eigenvalue weighted by Gasteiger charge is -2.29. The van der Waals surface area contributed by atoms with Gasteiger partial charge in [0.15, 0.2) is 0 Å². The molecular formula is C17H28N2O5. The number of fused-ring (bicyclic) bond motifs is 2. The number of carboxylic acid groups (broad SMARTS) is 1. The van der Waals surface area contributed by atoms with Crippen LogP contribution in [0.25, 0.3) is 0 Å². The molecule has 0 aromatic rings. The van der Waals surface area contributed by atoms with E-state index in [0.717, 1.165) is 12.8 Å². The van der Waals surface area contributed by atoms with E-state index in [9.17, 15) is 14.4 Å². The maximum absolute atomic E-state index is 12.1. The quantitative estimate of drug-likeness (QED) is 0.593. The molecular weight excluding hydrogens is 312 g/mol. The van der Waals surface area contributed by atoms with Gasteiger partial charge in [0.1, 0.15) is 6.04 Å². The van der Waals surface area contributed by atoms with Crippen molar-refractivity contribution in [3.8, 4) is 0 Å². The Bertz CT molecular complexity index is 519. The monoisotopic (exact) mass is 340 g/mol. The zero-order valence-electron chi connectivity index (χ0n) is 14.6. The van der Waals surface area contributed by atoms with Gasteiger partial charge in [-0.3, -0.25) is 9.59 Å². The number of hydrogen-bond donors (Lipinski definition) is 3. The van der Waals surface area contributed by atoms with Crippen LogP contribution in [0.5, 0.6) is 0 Å². The third kappa shape index (κ3) is 3.71. The fourth-order valence-electron chi connectivity index (χ4n) is 4.70. The van der Waals surface area contributed by atoms with Crippen molar-refractivity contribution in [3.05, 3.63) is 0 Å². The summed E-state index contributed by atoms with van der Waals surface area (Å²) in [6.45, 7) is 4.56. The van der Waals surface area contributed by atoms with Crippen LogP contribution in [0.15, 0.2) is 0 Å². The lowest BCUT2D eigenvalue weighted by molar-refractivity contribution is -0.146.